The first-order chi connectivity index (χ1) is 9.86. The number of rotatable bonds is 12. The molecule has 114 valence electrons. The van der Waals surface area contributed by atoms with Gasteiger partial charge in [0, 0.05) is 32.5 Å². The standard InChI is InChI=1S/C14H24N2O4/c1-17-7-8-20-10-9-19-6-5-15-11-13-3-4-14(18-2)16-12-13/h3-4,12,15H,5-11H2,1-2H3. The minimum atomic E-state index is 0.603. The summed E-state index contributed by atoms with van der Waals surface area (Å²) in [6.45, 7) is 4.67. The van der Waals surface area contributed by atoms with Crippen LogP contribution in [-0.4, -0.2) is 58.8 Å². The fourth-order valence-electron chi connectivity index (χ4n) is 1.48. The lowest BCUT2D eigenvalue weighted by atomic mass is 10.3. The maximum atomic E-state index is 5.42. The molecule has 6 nitrogen and oxygen atoms in total. The minimum absolute atomic E-state index is 0.603. The first kappa shape index (κ1) is 16.8. The predicted molar refractivity (Wildman–Crippen MR) is 76.0 cm³/mol. The molecule has 0 saturated carbocycles. The molecule has 0 atom stereocenters. The average Bonchev–Trinajstić information content (AvgIpc) is 2.50. The van der Waals surface area contributed by atoms with Crippen LogP contribution in [0.25, 0.3) is 0 Å². The Balaban J connectivity index is 1.91. The van der Waals surface area contributed by atoms with Crippen LogP contribution in [0.3, 0.4) is 0 Å². The molecular weight excluding hydrogens is 260 g/mol. The highest BCUT2D eigenvalue weighted by molar-refractivity contribution is 5.17. The molecule has 1 heterocycles. The summed E-state index contributed by atoms with van der Waals surface area (Å²) in [4.78, 5) is 4.14. The molecule has 0 spiro atoms. The highest BCUT2D eigenvalue weighted by Crippen LogP contribution is 2.05. The highest BCUT2D eigenvalue weighted by Gasteiger charge is 1.95. The smallest absolute Gasteiger partial charge is 0.212 e. The van der Waals surface area contributed by atoms with E-state index in [1.807, 2.05) is 12.1 Å². The molecule has 0 fully saturated rings. The Bertz CT molecular complexity index is 332. The first-order valence-electron chi connectivity index (χ1n) is 6.71. The molecule has 0 aliphatic carbocycles. The van der Waals surface area contributed by atoms with E-state index in [0.29, 0.717) is 38.9 Å². The van der Waals surface area contributed by atoms with Gasteiger partial charge in [0.25, 0.3) is 0 Å². The third-order valence-corrected chi connectivity index (χ3v) is 2.56. The molecular formula is C14H24N2O4. The van der Waals surface area contributed by atoms with Gasteiger partial charge in [-0.25, -0.2) is 4.98 Å². The van der Waals surface area contributed by atoms with E-state index in [4.69, 9.17) is 18.9 Å². The number of aromatic nitrogens is 1. The van der Waals surface area contributed by atoms with Gasteiger partial charge in [-0.1, -0.05) is 6.07 Å². The summed E-state index contributed by atoms with van der Waals surface area (Å²) in [5, 5.41) is 3.28. The fourth-order valence-corrected chi connectivity index (χ4v) is 1.48. The van der Waals surface area contributed by atoms with Gasteiger partial charge in [-0.15, -0.1) is 0 Å². The average molecular weight is 284 g/mol. The lowest BCUT2D eigenvalue weighted by Crippen LogP contribution is -2.20. The summed E-state index contributed by atoms with van der Waals surface area (Å²) in [6.07, 6.45) is 1.80. The predicted octanol–water partition coefficient (Wildman–Crippen LogP) is 0.859. The van der Waals surface area contributed by atoms with E-state index >= 15 is 0 Å². The summed E-state index contributed by atoms with van der Waals surface area (Å²) in [6, 6.07) is 3.84. The van der Waals surface area contributed by atoms with Crippen LogP contribution in [0, 0.1) is 0 Å². The second-order valence-corrected chi connectivity index (χ2v) is 4.10. The molecule has 1 aromatic heterocycles. The van der Waals surface area contributed by atoms with Crippen LogP contribution in [-0.2, 0) is 20.8 Å². The summed E-state index contributed by atoms with van der Waals surface area (Å²) in [7, 11) is 3.26. The van der Waals surface area contributed by atoms with Crippen LogP contribution in [0.15, 0.2) is 18.3 Å². The van der Waals surface area contributed by atoms with E-state index in [1.54, 1.807) is 20.4 Å². The Morgan fingerprint density at radius 3 is 2.40 bits per heavy atom. The van der Waals surface area contributed by atoms with Crippen molar-refractivity contribution in [2.75, 3.05) is 53.8 Å². The van der Waals surface area contributed by atoms with Crippen molar-refractivity contribution in [1.29, 1.82) is 0 Å². The van der Waals surface area contributed by atoms with Crippen molar-refractivity contribution in [3.63, 3.8) is 0 Å². The maximum absolute atomic E-state index is 5.42. The summed E-state index contributed by atoms with van der Waals surface area (Å²) in [5.74, 6) is 0.630. The van der Waals surface area contributed by atoms with Crippen molar-refractivity contribution >= 4 is 0 Å². The van der Waals surface area contributed by atoms with E-state index in [0.717, 1.165) is 18.7 Å². The molecule has 0 radical (unpaired) electrons. The largest absolute Gasteiger partial charge is 0.481 e. The quantitative estimate of drug-likeness (QED) is 0.574. The summed E-state index contributed by atoms with van der Waals surface area (Å²) < 4.78 is 20.6. The van der Waals surface area contributed by atoms with Crippen LogP contribution in [0.1, 0.15) is 5.56 Å². The molecule has 0 unspecified atom stereocenters. The van der Waals surface area contributed by atoms with Crippen LogP contribution >= 0.6 is 0 Å². The Hall–Kier alpha value is -1.21. The molecule has 1 rings (SSSR count). The molecule has 0 amide bonds. The monoisotopic (exact) mass is 284 g/mol. The zero-order chi connectivity index (χ0) is 14.5. The number of hydrogen-bond acceptors (Lipinski definition) is 6. The fraction of sp³-hybridized carbons (Fsp3) is 0.643. The minimum Gasteiger partial charge on any atom is -0.481 e. The van der Waals surface area contributed by atoms with Gasteiger partial charge in [-0.3, -0.25) is 0 Å². The third-order valence-electron chi connectivity index (χ3n) is 2.56. The van der Waals surface area contributed by atoms with Gasteiger partial charge in [0.15, 0.2) is 0 Å². The van der Waals surface area contributed by atoms with E-state index < -0.39 is 0 Å². The Morgan fingerprint density at radius 2 is 1.75 bits per heavy atom. The highest BCUT2D eigenvalue weighted by atomic mass is 16.5. The Kier molecular flexibility index (Phi) is 9.77. The van der Waals surface area contributed by atoms with Crippen molar-refractivity contribution in [2.45, 2.75) is 6.54 Å². The molecule has 0 bridgehead atoms. The SMILES string of the molecule is COCCOCCOCCNCc1ccc(OC)nc1. The lowest BCUT2D eigenvalue weighted by molar-refractivity contribution is 0.0255. The van der Waals surface area contributed by atoms with Crippen LogP contribution in [0.4, 0.5) is 0 Å². The van der Waals surface area contributed by atoms with Crippen molar-refractivity contribution in [2.24, 2.45) is 0 Å². The molecule has 1 N–H and O–H groups in total. The number of ether oxygens (including phenoxy) is 4. The van der Waals surface area contributed by atoms with Gasteiger partial charge in [-0.2, -0.15) is 0 Å². The molecule has 0 aliphatic rings. The van der Waals surface area contributed by atoms with Gasteiger partial charge in [0.2, 0.25) is 5.88 Å². The molecule has 6 heteroatoms. The second-order valence-electron chi connectivity index (χ2n) is 4.10. The van der Waals surface area contributed by atoms with Gasteiger partial charge in [0.05, 0.1) is 40.1 Å². The maximum Gasteiger partial charge on any atom is 0.212 e. The van der Waals surface area contributed by atoms with Gasteiger partial charge in [0.1, 0.15) is 0 Å². The Morgan fingerprint density at radius 1 is 1.00 bits per heavy atom. The van der Waals surface area contributed by atoms with Gasteiger partial charge < -0.3 is 24.3 Å². The van der Waals surface area contributed by atoms with Crippen LogP contribution in [0.2, 0.25) is 0 Å². The number of nitrogens with one attached hydrogen (secondary N) is 1. The number of hydrogen-bond donors (Lipinski definition) is 1. The van der Waals surface area contributed by atoms with E-state index in [2.05, 4.69) is 10.3 Å². The molecule has 1 aromatic rings. The normalized spacial score (nSPS) is 10.7. The topological polar surface area (TPSA) is 61.8 Å². The number of nitrogens with zero attached hydrogens (tertiary/aromatic N) is 1. The van der Waals surface area contributed by atoms with E-state index in [9.17, 15) is 0 Å². The second kappa shape index (κ2) is 11.6. The van der Waals surface area contributed by atoms with Crippen molar-refractivity contribution in [3.8, 4) is 5.88 Å². The zero-order valence-electron chi connectivity index (χ0n) is 12.3. The van der Waals surface area contributed by atoms with Crippen LogP contribution in [0.5, 0.6) is 5.88 Å². The van der Waals surface area contributed by atoms with Crippen molar-refractivity contribution in [1.82, 2.24) is 10.3 Å². The lowest BCUT2D eigenvalue weighted by Gasteiger charge is -2.07. The van der Waals surface area contributed by atoms with Crippen molar-refractivity contribution in [3.05, 3.63) is 23.9 Å². The molecule has 0 aliphatic heterocycles. The molecule has 0 aromatic carbocycles. The van der Waals surface area contributed by atoms with E-state index in [-0.39, 0.29) is 0 Å². The molecule has 0 saturated heterocycles. The van der Waals surface area contributed by atoms with E-state index in [1.165, 1.54) is 0 Å². The van der Waals surface area contributed by atoms with Gasteiger partial charge in [-0.05, 0) is 5.56 Å². The van der Waals surface area contributed by atoms with Crippen LogP contribution < -0.4 is 10.1 Å². The van der Waals surface area contributed by atoms with Crippen molar-refractivity contribution < 1.29 is 18.9 Å². The number of methoxy groups -OCH3 is 2. The summed E-state index contributed by atoms with van der Waals surface area (Å²) in [5.41, 5.74) is 1.12. The number of pyridine rings is 1. The summed E-state index contributed by atoms with van der Waals surface area (Å²) >= 11 is 0. The Labute approximate surface area is 120 Å². The third kappa shape index (κ3) is 8.06. The van der Waals surface area contributed by atoms with Gasteiger partial charge >= 0.3 is 0 Å². The molecule has 20 heavy (non-hydrogen) atoms. The zero-order valence-corrected chi connectivity index (χ0v) is 12.3. The first-order valence-corrected chi connectivity index (χ1v) is 6.71.